The van der Waals surface area contributed by atoms with Gasteiger partial charge in [0.05, 0.1) is 11.8 Å². The molecule has 1 amide bonds. The van der Waals surface area contributed by atoms with E-state index in [2.05, 4.69) is 34.1 Å². The highest BCUT2D eigenvalue weighted by molar-refractivity contribution is 7.99. The predicted octanol–water partition coefficient (Wildman–Crippen LogP) is 2.03. The van der Waals surface area contributed by atoms with E-state index in [1.54, 1.807) is 0 Å². The van der Waals surface area contributed by atoms with E-state index in [4.69, 9.17) is 11.5 Å². The van der Waals surface area contributed by atoms with Gasteiger partial charge in [-0.3, -0.25) is 4.79 Å². The summed E-state index contributed by atoms with van der Waals surface area (Å²) in [7, 11) is 0. The van der Waals surface area contributed by atoms with Crippen LogP contribution in [0.3, 0.4) is 0 Å². The lowest BCUT2D eigenvalue weighted by Gasteiger charge is -2.21. The first kappa shape index (κ1) is 18.0. The van der Waals surface area contributed by atoms with Crippen molar-refractivity contribution in [2.75, 3.05) is 17.2 Å². The Balaban J connectivity index is 1.97. The molecule has 0 aliphatic carbocycles. The molecule has 5 N–H and O–H groups in total. The van der Waals surface area contributed by atoms with Gasteiger partial charge in [0.2, 0.25) is 17.8 Å². The predicted molar refractivity (Wildman–Crippen MR) is 96.2 cm³/mol. The van der Waals surface area contributed by atoms with E-state index in [0.717, 1.165) is 12.0 Å². The summed E-state index contributed by atoms with van der Waals surface area (Å²) in [5.41, 5.74) is 12.1. The zero-order valence-corrected chi connectivity index (χ0v) is 14.6. The molecule has 1 atom stereocenters. The molecule has 1 heterocycles. The fraction of sp³-hybridized carbons (Fsp3) is 0.375. The molecule has 0 saturated heterocycles. The molecule has 0 aliphatic rings. The fourth-order valence-electron chi connectivity index (χ4n) is 2.25. The molecule has 1 aromatic carbocycles. The Morgan fingerprint density at radius 3 is 2.33 bits per heavy atom. The fourth-order valence-corrected chi connectivity index (χ4v) is 2.91. The maximum atomic E-state index is 12.3. The minimum Gasteiger partial charge on any atom is -0.368 e. The van der Waals surface area contributed by atoms with Crippen LogP contribution in [0.4, 0.5) is 11.9 Å². The van der Waals surface area contributed by atoms with Crippen molar-refractivity contribution in [1.29, 1.82) is 0 Å². The van der Waals surface area contributed by atoms with E-state index in [-0.39, 0.29) is 29.6 Å². The number of benzene rings is 1. The molecule has 0 spiro atoms. The summed E-state index contributed by atoms with van der Waals surface area (Å²) in [6.07, 6.45) is 0.867. The van der Waals surface area contributed by atoms with Crippen molar-refractivity contribution in [3.05, 3.63) is 35.9 Å². The highest BCUT2D eigenvalue weighted by Crippen LogP contribution is 2.22. The molecule has 128 valence electrons. The largest absolute Gasteiger partial charge is 0.368 e. The SMILES string of the molecule is CC(C)CC(NC(=O)CSc1nc(N)nc(N)n1)c1ccccc1. The Kier molecular flexibility index (Phi) is 6.36. The molecule has 24 heavy (non-hydrogen) atoms. The number of thioether (sulfide) groups is 1. The number of nitrogens with two attached hydrogens (primary N) is 2. The topological polar surface area (TPSA) is 120 Å². The number of hydrogen-bond donors (Lipinski definition) is 3. The highest BCUT2D eigenvalue weighted by atomic mass is 32.2. The number of rotatable bonds is 7. The van der Waals surface area contributed by atoms with Gasteiger partial charge >= 0.3 is 0 Å². The van der Waals surface area contributed by atoms with Gasteiger partial charge in [-0.05, 0) is 17.9 Å². The molecule has 2 rings (SSSR count). The van der Waals surface area contributed by atoms with E-state index in [1.165, 1.54) is 11.8 Å². The zero-order valence-electron chi connectivity index (χ0n) is 13.8. The van der Waals surface area contributed by atoms with Crippen LogP contribution in [0.2, 0.25) is 0 Å². The van der Waals surface area contributed by atoms with Gasteiger partial charge in [0.15, 0.2) is 5.16 Å². The maximum absolute atomic E-state index is 12.3. The summed E-state index contributed by atoms with van der Waals surface area (Å²) in [6.45, 7) is 4.26. The third-order valence-electron chi connectivity index (χ3n) is 3.23. The molecular formula is C16H22N6OS. The molecule has 0 bridgehead atoms. The number of amides is 1. The molecule has 2 aromatic rings. The second-order valence-corrected chi connectivity index (χ2v) is 6.73. The standard InChI is InChI=1S/C16H22N6OS/c1-10(2)8-12(11-6-4-3-5-7-11)19-13(23)9-24-16-21-14(17)20-15(18)22-16/h3-7,10,12H,8-9H2,1-2H3,(H,19,23)(H4,17,18,20,21,22). The van der Waals surface area contributed by atoms with Gasteiger partial charge in [-0.15, -0.1) is 0 Å². The second kappa shape index (κ2) is 8.49. The first-order chi connectivity index (χ1) is 11.4. The normalized spacial score (nSPS) is 12.1. The lowest BCUT2D eigenvalue weighted by molar-refractivity contribution is -0.119. The average Bonchev–Trinajstić information content (AvgIpc) is 2.52. The summed E-state index contributed by atoms with van der Waals surface area (Å²) >= 11 is 1.18. The Morgan fingerprint density at radius 1 is 1.12 bits per heavy atom. The smallest absolute Gasteiger partial charge is 0.230 e. The second-order valence-electron chi connectivity index (χ2n) is 5.78. The van der Waals surface area contributed by atoms with Gasteiger partial charge in [-0.1, -0.05) is 55.9 Å². The van der Waals surface area contributed by atoms with Crippen LogP contribution in [0.1, 0.15) is 31.9 Å². The third-order valence-corrected chi connectivity index (χ3v) is 4.07. The monoisotopic (exact) mass is 346 g/mol. The van der Waals surface area contributed by atoms with Gasteiger partial charge in [0.1, 0.15) is 0 Å². The Bertz CT molecular complexity index is 659. The van der Waals surface area contributed by atoms with Crippen LogP contribution in [-0.2, 0) is 4.79 Å². The van der Waals surface area contributed by atoms with Crippen molar-refractivity contribution in [1.82, 2.24) is 20.3 Å². The highest BCUT2D eigenvalue weighted by Gasteiger charge is 2.16. The van der Waals surface area contributed by atoms with Crippen molar-refractivity contribution >= 4 is 29.6 Å². The van der Waals surface area contributed by atoms with Gasteiger partial charge < -0.3 is 16.8 Å². The summed E-state index contributed by atoms with van der Waals surface area (Å²) in [5, 5.41) is 3.41. The molecule has 0 radical (unpaired) electrons. The number of aromatic nitrogens is 3. The molecule has 0 saturated carbocycles. The number of hydrogen-bond acceptors (Lipinski definition) is 7. The van der Waals surface area contributed by atoms with E-state index < -0.39 is 0 Å². The molecule has 8 heteroatoms. The minimum absolute atomic E-state index is 0.0206. The average molecular weight is 346 g/mol. The maximum Gasteiger partial charge on any atom is 0.230 e. The molecular weight excluding hydrogens is 324 g/mol. The lowest BCUT2D eigenvalue weighted by atomic mass is 9.97. The van der Waals surface area contributed by atoms with E-state index >= 15 is 0 Å². The molecule has 0 fully saturated rings. The molecule has 1 unspecified atom stereocenters. The number of nitrogens with one attached hydrogen (secondary N) is 1. The number of nitrogen functional groups attached to an aromatic ring is 2. The minimum atomic E-state index is -0.0907. The van der Waals surface area contributed by atoms with Crippen LogP contribution >= 0.6 is 11.8 Å². The number of nitrogens with zero attached hydrogens (tertiary/aromatic N) is 3. The van der Waals surface area contributed by atoms with Gasteiger partial charge in [-0.25, -0.2) is 0 Å². The van der Waals surface area contributed by atoms with Crippen LogP contribution in [-0.4, -0.2) is 26.6 Å². The van der Waals surface area contributed by atoms with Gasteiger partial charge in [0.25, 0.3) is 0 Å². The van der Waals surface area contributed by atoms with E-state index in [1.807, 2.05) is 30.3 Å². The summed E-state index contributed by atoms with van der Waals surface area (Å²) in [5.74, 6) is 0.655. The van der Waals surface area contributed by atoms with Crippen molar-refractivity contribution in [2.24, 2.45) is 5.92 Å². The van der Waals surface area contributed by atoms with Crippen molar-refractivity contribution < 1.29 is 4.79 Å². The lowest BCUT2D eigenvalue weighted by Crippen LogP contribution is -2.31. The molecule has 0 aliphatic heterocycles. The van der Waals surface area contributed by atoms with Gasteiger partial charge in [0, 0.05) is 0 Å². The van der Waals surface area contributed by atoms with Crippen molar-refractivity contribution in [2.45, 2.75) is 31.5 Å². The Hall–Kier alpha value is -2.35. The number of carbonyl (C=O) groups excluding carboxylic acids is 1. The molecule has 1 aromatic heterocycles. The van der Waals surface area contributed by atoms with Crippen LogP contribution in [0.25, 0.3) is 0 Å². The summed E-state index contributed by atoms with van der Waals surface area (Å²) < 4.78 is 0. The quantitative estimate of drug-likeness (QED) is 0.656. The Labute approximate surface area is 145 Å². The van der Waals surface area contributed by atoms with Gasteiger partial charge in [-0.2, -0.15) is 15.0 Å². The van der Waals surface area contributed by atoms with Crippen LogP contribution in [0, 0.1) is 5.92 Å². The zero-order chi connectivity index (χ0) is 17.5. The van der Waals surface area contributed by atoms with Crippen LogP contribution in [0.5, 0.6) is 0 Å². The summed E-state index contributed by atoms with van der Waals surface area (Å²) in [4.78, 5) is 23.9. The van der Waals surface area contributed by atoms with E-state index in [0.29, 0.717) is 11.1 Å². The third kappa shape index (κ3) is 5.69. The molecule has 7 nitrogen and oxygen atoms in total. The number of carbonyl (C=O) groups is 1. The van der Waals surface area contributed by atoms with Crippen LogP contribution in [0.15, 0.2) is 35.5 Å². The van der Waals surface area contributed by atoms with Crippen molar-refractivity contribution in [3.63, 3.8) is 0 Å². The first-order valence-electron chi connectivity index (χ1n) is 7.68. The van der Waals surface area contributed by atoms with Crippen LogP contribution < -0.4 is 16.8 Å². The summed E-state index contributed by atoms with van der Waals surface area (Å²) in [6, 6.07) is 9.93. The Morgan fingerprint density at radius 2 is 1.75 bits per heavy atom. The number of anilines is 2. The van der Waals surface area contributed by atoms with E-state index in [9.17, 15) is 4.79 Å². The first-order valence-corrected chi connectivity index (χ1v) is 8.66. The van der Waals surface area contributed by atoms with Crippen molar-refractivity contribution in [3.8, 4) is 0 Å².